The molecule has 2 N–H and O–H groups in total. The van der Waals surface area contributed by atoms with Crippen LogP contribution in [0.2, 0.25) is 0 Å². The van der Waals surface area contributed by atoms with Crippen molar-refractivity contribution < 1.29 is 19.4 Å². The van der Waals surface area contributed by atoms with Crippen LogP contribution in [0.4, 0.5) is 5.69 Å². The Hall–Kier alpha value is -4.22. The average Bonchev–Trinajstić information content (AvgIpc) is 2.91. The van der Waals surface area contributed by atoms with Gasteiger partial charge in [0.2, 0.25) is 5.91 Å². The molecule has 0 unspecified atom stereocenters. The van der Waals surface area contributed by atoms with Crippen LogP contribution in [0.1, 0.15) is 41.5 Å². The van der Waals surface area contributed by atoms with Crippen molar-refractivity contribution in [3.05, 3.63) is 138 Å². The van der Waals surface area contributed by atoms with E-state index in [4.69, 9.17) is 9.84 Å². The summed E-state index contributed by atoms with van der Waals surface area (Å²) in [6.07, 6.45) is 0.466. The molecule has 0 aliphatic carbocycles. The van der Waals surface area contributed by atoms with Crippen LogP contribution < -0.4 is 5.32 Å². The fraction of sp³-hybridized carbons (Fsp3) is 0.161. The smallest absolute Gasteiger partial charge is 0.303 e. The molecule has 0 heterocycles. The molecule has 0 saturated carbocycles. The summed E-state index contributed by atoms with van der Waals surface area (Å²) in [5, 5.41) is 11.5. The van der Waals surface area contributed by atoms with Crippen molar-refractivity contribution in [2.24, 2.45) is 0 Å². The van der Waals surface area contributed by atoms with Crippen LogP contribution in [0, 0.1) is 0 Å². The summed E-state index contributed by atoms with van der Waals surface area (Å²) in [7, 11) is 0. The van der Waals surface area contributed by atoms with Crippen molar-refractivity contribution in [1.82, 2.24) is 0 Å². The number of hydrogen-bond acceptors (Lipinski definition) is 3. The highest BCUT2D eigenvalue weighted by Gasteiger charge is 2.37. The Kier molecular flexibility index (Phi) is 8.27. The Balaban J connectivity index is 1.57. The van der Waals surface area contributed by atoms with Gasteiger partial charge in [-0.3, -0.25) is 9.59 Å². The molecule has 0 aliphatic rings. The lowest BCUT2D eigenvalue weighted by Crippen LogP contribution is -2.32. The minimum atomic E-state index is -0.898. The molecule has 4 rings (SSSR count). The second kappa shape index (κ2) is 12.0. The first-order valence-corrected chi connectivity index (χ1v) is 12.0. The second-order valence-corrected chi connectivity index (χ2v) is 8.56. The van der Waals surface area contributed by atoms with Crippen LogP contribution in [0.15, 0.2) is 115 Å². The highest BCUT2D eigenvalue weighted by molar-refractivity contribution is 5.90. The number of nitrogens with one attached hydrogen (secondary N) is 1. The van der Waals surface area contributed by atoms with E-state index in [2.05, 4.69) is 41.7 Å². The Morgan fingerprint density at radius 2 is 1.14 bits per heavy atom. The van der Waals surface area contributed by atoms with Gasteiger partial charge in [-0.05, 0) is 40.8 Å². The fourth-order valence-corrected chi connectivity index (χ4v) is 4.27. The van der Waals surface area contributed by atoms with E-state index >= 15 is 0 Å². The van der Waals surface area contributed by atoms with Gasteiger partial charge in [0.25, 0.3) is 0 Å². The summed E-state index contributed by atoms with van der Waals surface area (Å²) in [6, 6.07) is 38.2. The second-order valence-electron chi connectivity index (χ2n) is 8.56. The minimum Gasteiger partial charge on any atom is -0.481 e. The molecule has 4 aromatic rings. The maximum atomic E-state index is 12.1. The van der Waals surface area contributed by atoms with Crippen molar-refractivity contribution in [2.75, 3.05) is 5.32 Å². The summed E-state index contributed by atoms with van der Waals surface area (Å²) < 4.78 is 6.83. The summed E-state index contributed by atoms with van der Waals surface area (Å²) in [5.41, 5.74) is 3.93. The van der Waals surface area contributed by atoms with Crippen LogP contribution in [-0.2, 0) is 26.5 Å². The van der Waals surface area contributed by atoms with E-state index in [1.165, 1.54) is 0 Å². The van der Waals surface area contributed by atoms with Gasteiger partial charge < -0.3 is 15.2 Å². The molecule has 0 saturated heterocycles. The maximum absolute atomic E-state index is 12.1. The number of carboxylic acid groups (broad SMARTS) is 1. The van der Waals surface area contributed by atoms with Crippen molar-refractivity contribution in [3.63, 3.8) is 0 Å². The van der Waals surface area contributed by atoms with Crippen molar-refractivity contribution in [2.45, 2.75) is 31.5 Å². The van der Waals surface area contributed by atoms with E-state index in [-0.39, 0.29) is 18.7 Å². The number of anilines is 1. The molecule has 0 aliphatic heterocycles. The molecule has 0 fully saturated rings. The number of hydrogen-bond donors (Lipinski definition) is 2. The van der Waals surface area contributed by atoms with Gasteiger partial charge in [0, 0.05) is 18.5 Å². The van der Waals surface area contributed by atoms with Crippen LogP contribution in [0.25, 0.3) is 0 Å². The predicted octanol–water partition coefficient (Wildman–Crippen LogP) is 6.39. The van der Waals surface area contributed by atoms with Gasteiger partial charge in [0.15, 0.2) is 0 Å². The summed E-state index contributed by atoms with van der Waals surface area (Å²) in [5.74, 6) is -1.10. The number of carbonyl (C=O) groups is 2. The van der Waals surface area contributed by atoms with Crippen molar-refractivity contribution >= 4 is 17.6 Å². The fourth-order valence-electron chi connectivity index (χ4n) is 4.27. The zero-order valence-electron chi connectivity index (χ0n) is 20.0. The van der Waals surface area contributed by atoms with E-state index in [0.717, 1.165) is 22.3 Å². The van der Waals surface area contributed by atoms with Gasteiger partial charge in [-0.2, -0.15) is 0 Å². The van der Waals surface area contributed by atoms with Crippen LogP contribution in [0.5, 0.6) is 0 Å². The molecule has 182 valence electrons. The molecular formula is C31H29NO4. The first kappa shape index (κ1) is 24.9. The minimum absolute atomic E-state index is 0.0182. The average molecular weight is 480 g/mol. The Labute approximate surface area is 211 Å². The lowest BCUT2D eigenvalue weighted by atomic mass is 9.80. The third-order valence-electron chi connectivity index (χ3n) is 6.03. The number of carboxylic acids is 1. The first-order valence-electron chi connectivity index (χ1n) is 12.0. The number of rotatable bonds is 11. The number of aliphatic carboxylic acids is 1. The molecule has 5 heteroatoms. The van der Waals surface area contributed by atoms with Gasteiger partial charge in [0.1, 0.15) is 5.60 Å². The third-order valence-corrected chi connectivity index (χ3v) is 6.03. The van der Waals surface area contributed by atoms with Crippen LogP contribution in [-0.4, -0.2) is 17.0 Å². The summed E-state index contributed by atoms with van der Waals surface area (Å²) >= 11 is 0. The molecular weight excluding hydrogens is 450 g/mol. The standard InChI is InChI=1S/C31H29NO4/c33-29(17-10-18-30(34)35)32-28-21-19-24(20-22-28)23-36-31(25-11-4-1-5-12-25,26-13-6-2-7-14-26)27-15-8-3-9-16-27/h1-9,11-16,19-22H,10,17-18,23H2,(H,32,33)(H,34,35). The molecule has 5 nitrogen and oxygen atoms in total. The quantitative estimate of drug-likeness (QED) is 0.245. The summed E-state index contributed by atoms with van der Waals surface area (Å²) in [4.78, 5) is 22.7. The van der Waals surface area contributed by atoms with E-state index in [9.17, 15) is 9.59 Å². The summed E-state index contributed by atoms with van der Waals surface area (Å²) in [6.45, 7) is 0.353. The molecule has 36 heavy (non-hydrogen) atoms. The molecule has 4 aromatic carbocycles. The van der Waals surface area contributed by atoms with E-state index < -0.39 is 11.6 Å². The highest BCUT2D eigenvalue weighted by Crippen LogP contribution is 2.41. The Morgan fingerprint density at radius 1 is 0.667 bits per heavy atom. The highest BCUT2D eigenvalue weighted by atomic mass is 16.5. The number of carbonyl (C=O) groups excluding carboxylic acids is 1. The third kappa shape index (κ3) is 6.06. The monoisotopic (exact) mass is 479 g/mol. The number of benzene rings is 4. The lowest BCUT2D eigenvalue weighted by Gasteiger charge is -2.36. The Bertz CT molecular complexity index is 1160. The number of ether oxygens (including phenoxy) is 1. The SMILES string of the molecule is O=C(O)CCCC(=O)Nc1ccc(COC(c2ccccc2)(c2ccccc2)c2ccccc2)cc1. The van der Waals surface area contributed by atoms with Gasteiger partial charge in [-0.1, -0.05) is 103 Å². The maximum Gasteiger partial charge on any atom is 0.303 e. The molecule has 0 atom stereocenters. The molecule has 0 spiro atoms. The zero-order valence-corrected chi connectivity index (χ0v) is 20.0. The number of amides is 1. The first-order chi connectivity index (χ1) is 17.6. The topological polar surface area (TPSA) is 75.6 Å². The van der Waals surface area contributed by atoms with Crippen molar-refractivity contribution in [3.8, 4) is 0 Å². The van der Waals surface area contributed by atoms with Crippen LogP contribution >= 0.6 is 0 Å². The molecule has 0 bridgehead atoms. The molecule has 0 radical (unpaired) electrons. The lowest BCUT2D eigenvalue weighted by molar-refractivity contribution is -0.137. The van der Waals surface area contributed by atoms with Gasteiger partial charge in [-0.25, -0.2) is 0 Å². The zero-order chi connectivity index (χ0) is 25.2. The van der Waals surface area contributed by atoms with Gasteiger partial charge in [0.05, 0.1) is 6.61 Å². The van der Waals surface area contributed by atoms with Crippen LogP contribution in [0.3, 0.4) is 0 Å². The van der Waals surface area contributed by atoms with E-state index in [1.807, 2.05) is 78.9 Å². The normalized spacial score (nSPS) is 11.1. The van der Waals surface area contributed by atoms with Gasteiger partial charge in [-0.15, -0.1) is 0 Å². The molecule has 1 amide bonds. The van der Waals surface area contributed by atoms with E-state index in [0.29, 0.717) is 18.7 Å². The van der Waals surface area contributed by atoms with Crippen molar-refractivity contribution in [1.29, 1.82) is 0 Å². The largest absolute Gasteiger partial charge is 0.481 e. The Morgan fingerprint density at radius 3 is 1.58 bits per heavy atom. The predicted molar refractivity (Wildman–Crippen MR) is 141 cm³/mol. The molecule has 0 aromatic heterocycles. The van der Waals surface area contributed by atoms with Gasteiger partial charge >= 0.3 is 5.97 Å². The van der Waals surface area contributed by atoms with E-state index in [1.54, 1.807) is 0 Å².